The summed E-state index contributed by atoms with van der Waals surface area (Å²) in [4.78, 5) is 9.11. The summed E-state index contributed by atoms with van der Waals surface area (Å²) < 4.78 is 2.05. The first-order chi connectivity index (χ1) is 14.5. The molecular weight excluding hydrogens is 376 g/mol. The molecule has 0 spiro atoms. The van der Waals surface area contributed by atoms with E-state index in [4.69, 9.17) is 10.1 Å². The largest absolute Gasteiger partial charge is 0.264 e. The Labute approximate surface area is 175 Å². The van der Waals surface area contributed by atoms with Gasteiger partial charge < -0.3 is 0 Å². The van der Waals surface area contributed by atoms with Crippen molar-refractivity contribution in [3.8, 4) is 22.5 Å². The van der Waals surface area contributed by atoms with Gasteiger partial charge >= 0.3 is 0 Å². The van der Waals surface area contributed by atoms with Gasteiger partial charge in [0, 0.05) is 41.9 Å². The maximum absolute atomic E-state index is 4.84. The fourth-order valence-corrected chi connectivity index (χ4v) is 3.30. The van der Waals surface area contributed by atoms with Crippen molar-refractivity contribution < 1.29 is 0 Å². The fraction of sp³-hybridized carbons (Fsp3) is 0.364. The second-order valence-electron chi connectivity index (χ2n) is 8.37. The minimum atomic E-state index is -0.0656. The van der Waals surface area contributed by atoms with E-state index >= 15 is 0 Å². The lowest BCUT2D eigenvalue weighted by Gasteiger charge is -2.12. The molecular formula is C22H26N8. The highest BCUT2D eigenvalue weighted by Gasteiger charge is 2.21. The summed E-state index contributed by atoms with van der Waals surface area (Å²) in [6.07, 6.45) is 5.35. The maximum Gasteiger partial charge on any atom is 0.180 e. The van der Waals surface area contributed by atoms with E-state index in [-0.39, 0.29) is 5.41 Å². The second kappa shape index (κ2) is 8.14. The van der Waals surface area contributed by atoms with Gasteiger partial charge in [0.15, 0.2) is 11.6 Å². The number of aromatic nitrogens is 8. The predicted molar refractivity (Wildman–Crippen MR) is 115 cm³/mol. The van der Waals surface area contributed by atoms with Crippen molar-refractivity contribution in [3.63, 3.8) is 0 Å². The van der Waals surface area contributed by atoms with E-state index in [1.807, 2.05) is 16.9 Å². The van der Waals surface area contributed by atoms with E-state index < -0.39 is 0 Å². The summed E-state index contributed by atoms with van der Waals surface area (Å²) in [6, 6.07) is 10.4. The number of pyridine rings is 1. The first-order valence-electron chi connectivity index (χ1n) is 10.2. The lowest BCUT2D eigenvalue weighted by Crippen LogP contribution is -2.14. The van der Waals surface area contributed by atoms with Crippen LogP contribution in [0.3, 0.4) is 0 Å². The van der Waals surface area contributed by atoms with Crippen LogP contribution < -0.4 is 0 Å². The van der Waals surface area contributed by atoms with Crippen molar-refractivity contribution in [2.75, 3.05) is 0 Å². The molecule has 0 bridgehead atoms. The van der Waals surface area contributed by atoms with E-state index in [2.05, 4.69) is 77.6 Å². The van der Waals surface area contributed by atoms with Crippen LogP contribution in [-0.2, 0) is 18.4 Å². The molecule has 0 aliphatic rings. The van der Waals surface area contributed by atoms with Crippen LogP contribution in [0.15, 0.2) is 42.7 Å². The quantitative estimate of drug-likeness (QED) is 0.526. The van der Waals surface area contributed by atoms with Crippen LogP contribution in [0.1, 0.15) is 51.3 Å². The van der Waals surface area contributed by atoms with E-state index in [1.54, 1.807) is 6.20 Å². The van der Waals surface area contributed by atoms with Gasteiger partial charge in [-0.2, -0.15) is 5.10 Å². The van der Waals surface area contributed by atoms with Gasteiger partial charge in [0.1, 0.15) is 5.82 Å². The minimum absolute atomic E-state index is 0.0656. The monoisotopic (exact) mass is 402 g/mol. The topological polar surface area (TPSA) is 98.1 Å². The molecule has 0 radical (unpaired) electrons. The Morgan fingerprint density at radius 2 is 1.83 bits per heavy atom. The van der Waals surface area contributed by atoms with Gasteiger partial charge in [-0.15, -0.1) is 5.10 Å². The molecule has 1 aromatic carbocycles. The Kier molecular flexibility index (Phi) is 5.39. The van der Waals surface area contributed by atoms with Gasteiger partial charge in [-0.1, -0.05) is 52.0 Å². The fourth-order valence-electron chi connectivity index (χ4n) is 3.30. The molecule has 0 saturated carbocycles. The van der Waals surface area contributed by atoms with Gasteiger partial charge in [0.25, 0.3) is 0 Å². The molecule has 0 unspecified atom stereocenters. The minimum Gasteiger partial charge on any atom is -0.264 e. The molecule has 0 fully saturated rings. The van der Waals surface area contributed by atoms with Crippen molar-refractivity contribution in [3.05, 3.63) is 59.9 Å². The van der Waals surface area contributed by atoms with Gasteiger partial charge in [0.2, 0.25) is 0 Å². The van der Waals surface area contributed by atoms with E-state index in [0.29, 0.717) is 5.82 Å². The summed E-state index contributed by atoms with van der Waals surface area (Å²) in [7, 11) is 0. The zero-order valence-electron chi connectivity index (χ0n) is 17.8. The first kappa shape index (κ1) is 19.9. The number of aromatic amines is 1. The summed E-state index contributed by atoms with van der Waals surface area (Å²) in [5.74, 6) is 2.52. The highest BCUT2D eigenvalue weighted by molar-refractivity contribution is 5.79. The van der Waals surface area contributed by atoms with Crippen LogP contribution >= 0.6 is 0 Å². The van der Waals surface area contributed by atoms with Gasteiger partial charge in [-0.3, -0.25) is 4.98 Å². The normalized spacial score (nSPS) is 11.7. The first-order valence-corrected chi connectivity index (χ1v) is 10.2. The molecule has 8 heteroatoms. The summed E-state index contributed by atoms with van der Waals surface area (Å²) in [5, 5.41) is 19.0. The molecule has 4 aromatic rings. The third-order valence-corrected chi connectivity index (χ3v) is 4.90. The average molecular weight is 403 g/mol. The van der Waals surface area contributed by atoms with E-state index in [0.717, 1.165) is 47.7 Å². The highest BCUT2D eigenvalue weighted by Crippen LogP contribution is 2.29. The average Bonchev–Trinajstić information content (AvgIpc) is 3.39. The Morgan fingerprint density at radius 3 is 2.50 bits per heavy atom. The number of hydrogen-bond acceptors (Lipinski definition) is 6. The molecule has 1 N–H and O–H groups in total. The van der Waals surface area contributed by atoms with Crippen LogP contribution in [0.25, 0.3) is 22.5 Å². The number of benzene rings is 1. The van der Waals surface area contributed by atoms with Crippen LogP contribution in [0.4, 0.5) is 0 Å². The van der Waals surface area contributed by atoms with Crippen molar-refractivity contribution in [1.29, 1.82) is 0 Å². The van der Waals surface area contributed by atoms with E-state index in [9.17, 15) is 0 Å². The molecule has 8 nitrogen and oxygen atoms in total. The van der Waals surface area contributed by atoms with Gasteiger partial charge in [0.05, 0.1) is 0 Å². The Hall–Kier alpha value is -3.42. The molecule has 154 valence electrons. The van der Waals surface area contributed by atoms with E-state index in [1.165, 1.54) is 5.56 Å². The summed E-state index contributed by atoms with van der Waals surface area (Å²) in [6.45, 7) is 9.47. The number of H-pyrrole nitrogens is 1. The lowest BCUT2D eigenvalue weighted by atomic mass is 9.96. The number of nitrogens with one attached hydrogen (secondary N) is 1. The Morgan fingerprint density at radius 1 is 1.03 bits per heavy atom. The van der Waals surface area contributed by atoms with Crippen LogP contribution in [0.2, 0.25) is 0 Å². The molecule has 0 atom stereocenters. The SMILES string of the molecule is CCCn1nc(C(C)(C)C)nc1Cc1ccc(-c2cnccc2-c2nnn[nH]2)cc1. The number of tetrazole rings is 1. The Bertz CT molecular complexity index is 1110. The van der Waals surface area contributed by atoms with Crippen molar-refractivity contribution in [2.24, 2.45) is 0 Å². The molecule has 0 saturated heterocycles. The zero-order chi connectivity index (χ0) is 21.1. The second-order valence-corrected chi connectivity index (χ2v) is 8.37. The number of hydrogen-bond donors (Lipinski definition) is 1. The number of aryl methyl sites for hydroxylation is 1. The molecule has 4 rings (SSSR count). The molecule has 3 aromatic heterocycles. The smallest absolute Gasteiger partial charge is 0.180 e. The maximum atomic E-state index is 4.84. The van der Waals surface area contributed by atoms with Crippen molar-refractivity contribution >= 4 is 0 Å². The summed E-state index contributed by atoms with van der Waals surface area (Å²) >= 11 is 0. The van der Waals surface area contributed by atoms with Gasteiger partial charge in [-0.25, -0.2) is 14.8 Å². The lowest BCUT2D eigenvalue weighted by molar-refractivity contribution is 0.518. The van der Waals surface area contributed by atoms with Crippen molar-refractivity contribution in [2.45, 2.75) is 52.5 Å². The highest BCUT2D eigenvalue weighted by atomic mass is 15.5. The van der Waals surface area contributed by atoms with Crippen LogP contribution in [0.5, 0.6) is 0 Å². The third kappa shape index (κ3) is 4.12. The molecule has 0 amide bonds. The molecule has 0 aliphatic carbocycles. The standard InChI is InChI=1S/C22H26N8/c1-5-12-30-19(24-21(27-30)22(2,3)4)13-15-6-8-16(9-7-15)18-14-23-11-10-17(18)20-25-28-29-26-20/h6-11,14H,5,12-13H2,1-4H3,(H,25,26,28,29). The van der Waals surface area contributed by atoms with Gasteiger partial charge in [-0.05, 0) is 34.0 Å². The van der Waals surface area contributed by atoms with Crippen LogP contribution in [-0.4, -0.2) is 40.4 Å². The summed E-state index contributed by atoms with van der Waals surface area (Å²) in [5.41, 5.74) is 4.08. The molecule has 0 aliphatic heterocycles. The predicted octanol–water partition coefficient (Wildman–Crippen LogP) is 3.82. The van der Waals surface area contributed by atoms with Crippen molar-refractivity contribution in [1.82, 2.24) is 40.4 Å². The number of rotatable bonds is 6. The number of nitrogens with zero attached hydrogens (tertiary/aromatic N) is 7. The molecule has 3 heterocycles. The zero-order valence-corrected chi connectivity index (χ0v) is 17.8. The Balaban J connectivity index is 1.61. The molecule has 30 heavy (non-hydrogen) atoms. The third-order valence-electron chi connectivity index (χ3n) is 4.90. The van der Waals surface area contributed by atoms with Crippen LogP contribution in [0, 0.1) is 0 Å².